The highest BCUT2D eigenvalue weighted by atomic mass is 16.5. The molecule has 0 atom stereocenters. The maximum absolute atomic E-state index is 5.74. The molecule has 1 saturated heterocycles. The lowest BCUT2D eigenvalue weighted by atomic mass is 9.93. The summed E-state index contributed by atoms with van der Waals surface area (Å²) < 4.78 is 7.69. The highest BCUT2D eigenvalue weighted by Crippen LogP contribution is 2.34. The van der Waals surface area contributed by atoms with Crippen LogP contribution in [0, 0.1) is 0 Å². The van der Waals surface area contributed by atoms with Gasteiger partial charge in [-0.05, 0) is 39.0 Å². The van der Waals surface area contributed by atoms with Crippen LogP contribution in [0.5, 0.6) is 5.75 Å². The highest BCUT2D eigenvalue weighted by molar-refractivity contribution is 5.64. The Labute approximate surface area is 129 Å². The Kier molecular flexibility index (Phi) is 3.22. The lowest BCUT2D eigenvalue weighted by molar-refractivity contribution is 0.252. The molecular weight excluding hydrogens is 280 g/mol. The van der Waals surface area contributed by atoms with E-state index in [2.05, 4.69) is 28.0 Å². The molecule has 2 aromatic rings. The average Bonchev–Trinajstić information content (AvgIpc) is 2.86. The minimum atomic E-state index is 0.262. The smallest absolute Gasteiger partial charge is 0.220 e. The molecule has 0 aliphatic carbocycles. The number of likely N-dealkylation sites (tertiary alicyclic amines) is 1. The van der Waals surface area contributed by atoms with Crippen molar-refractivity contribution in [3.05, 3.63) is 18.0 Å². The summed E-state index contributed by atoms with van der Waals surface area (Å²) in [5.41, 5.74) is 8.63. The largest absolute Gasteiger partial charge is 0.488 e. The summed E-state index contributed by atoms with van der Waals surface area (Å²) in [7, 11) is 2.17. The summed E-state index contributed by atoms with van der Waals surface area (Å²) in [5.74, 6) is 1.47. The van der Waals surface area contributed by atoms with Crippen molar-refractivity contribution >= 4 is 5.95 Å². The molecule has 2 N–H and O–H groups in total. The first-order chi connectivity index (χ1) is 10.7. The monoisotopic (exact) mass is 300 g/mol. The molecule has 2 aromatic heterocycles. The third-order valence-corrected chi connectivity index (χ3v) is 4.51. The number of piperidine rings is 1. The van der Waals surface area contributed by atoms with Crippen LogP contribution in [0.15, 0.2) is 12.3 Å². The van der Waals surface area contributed by atoms with Gasteiger partial charge in [0.25, 0.3) is 0 Å². The van der Waals surface area contributed by atoms with Gasteiger partial charge < -0.3 is 15.4 Å². The number of ether oxygens (including phenoxy) is 1. The molecule has 116 valence electrons. The van der Waals surface area contributed by atoms with E-state index in [4.69, 9.17) is 15.6 Å². The summed E-state index contributed by atoms with van der Waals surface area (Å²) >= 11 is 0. The molecule has 0 saturated carbocycles. The van der Waals surface area contributed by atoms with Gasteiger partial charge in [-0.25, -0.2) is 9.97 Å². The molecule has 4 heterocycles. The van der Waals surface area contributed by atoms with Crippen molar-refractivity contribution in [3.8, 4) is 17.1 Å². The van der Waals surface area contributed by atoms with Gasteiger partial charge in [-0.2, -0.15) is 5.10 Å². The van der Waals surface area contributed by atoms with Crippen molar-refractivity contribution in [1.82, 2.24) is 24.6 Å². The summed E-state index contributed by atoms with van der Waals surface area (Å²) in [6.07, 6.45) is 3.96. The van der Waals surface area contributed by atoms with E-state index in [1.54, 1.807) is 6.20 Å². The number of rotatable bonds is 1. The lowest BCUT2D eigenvalue weighted by Gasteiger charge is -2.27. The molecule has 0 amide bonds. The van der Waals surface area contributed by atoms with E-state index >= 15 is 0 Å². The molecule has 7 heteroatoms. The molecule has 2 aliphatic rings. The molecule has 0 spiro atoms. The summed E-state index contributed by atoms with van der Waals surface area (Å²) in [4.78, 5) is 10.7. The van der Waals surface area contributed by atoms with Gasteiger partial charge in [0.1, 0.15) is 12.3 Å². The SMILES string of the molecule is CN1CCC(c2cc3n(n2)CCOc2cnc(N)nc2-3)CC1. The summed E-state index contributed by atoms with van der Waals surface area (Å²) in [6.45, 7) is 3.55. The standard InChI is InChI=1S/C15H20N6O/c1-20-4-2-10(3-5-20)11-8-12-14-13(9-17-15(16)18-14)22-7-6-21(12)19-11/h8-10H,2-7H2,1H3,(H2,16,17,18). The van der Waals surface area contributed by atoms with Crippen molar-refractivity contribution in [2.24, 2.45) is 0 Å². The predicted molar refractivity (Wildman–Crippen MR) is 82.6 cm³/mol. The van der Waals surface area contributed by atoms with Gasteiger partial charge in [0.05, 0.1) is 24.1 Å². The number of nitrogen functional groups attached to an aromatic ring is 1. The maximum atomic E-state index is 5.74. The van der Waals surface area contributed by atoms with Crippen LogP contribution in [-0.2, 0) is 6.54 Å². The lowest BCUT2D eigenvalue weighted by Crippen LogP contribution is -2.29. The second-order valence-corrected chi connectivity index (χ2v) is 6.04. The van der Waals surface area contributed by atoms with Crippen LogP contribution in [0.1, 0.15) is 24.5 Å². The van der Waals surface area contributed by atoms with Crippen LogP contribution in [0.3, 0.4) is 0 Å². The van der Waals surface area contributed by atoms with Crippen molar-refractivity contribution in [3.63, 3.8) is 0 Å². The van der Waals surface area contributed by atoms with Crippen molar-refractivity contribution in [2.75, 3.05) is 32.5 Å². The van der Waals surface area contributed by atoms with Gasteiger partial charge in [-0.3, -0.25) is 4.68 Å². The Morgan fingerprint density at radius 2 is 2.09 bits per heavy atom. The average molecular weight is 300 g/mol. The van der Waals surface area contributed by atoms with Gasteiger partial charge in [0, 0.05) is 5.92 Å². The van der Waals surface area contributed by atoms with Gasteiger partial charge in [0.15, 0.2) is 5.75 Å². The molecule has 4 rings (SSSR count). The van der Waals surface area contributed by atoms with E-state index in [0.717, 1.165) is 49.6 Å². The van der Waals surface area contributed by atoms with Crippen LogP contribution in [0.25, 0.3) is 11.4 Å². The van der Waals surface area contributed by atoms with Gasteiger partial charge >= 0.3 is 0 Å². The van der Waals surface area contributed by atoms with E-state index in [1.807, 2.05) is 4.68 Å². The Balaban J connectivity index is 1.72. The molecule has 0 aromatic carbocycles. The number of hydrogen-bond donors (Lipinski definition) is 1. The minimum Gasteiger partial charge on any atom is -0.488 e. The van der Waals surface area contributed by atoms with Gasteiger partial charge in [-0.15, -0.1) is 0 Å². The van der Waals surface area contributed by atoms with Crippen molar-refractivity contribution < 1.29 is 4.74 Å². The molecule has 2 aliphatic heterocycles. The molecular formula is C15H20N6O. The van der Waals surface area contributed by atoms with Crippen LogP contribution in [-0.4, -0.2) is 51.4 Å². The first-order valence-electron chi connectivity index (χ1n) is 7.72. The third-order valence-electron chi connectivity index (χ3n) is 4.51. The van der Waals surface area contributed by atoms with Crippen molar-refractivity contribution in [2.45, 2.75) is 25.3 Å². The van der Waals surface area contributed by atoms with E-state index in [1.165, 1.54) is 0 Å². The second-order valence-electron chi connectivity index (χ2n) is 6.04. The Morgan fingerprint density at radius 1 is 1.27 bits per heavy atom. The highest BCUT2D eigenvalue weighted by Gasteiger charge is 2.25. The zero-order chi connectivity index (χ0) is 15.1. The molecule has 1 fully saturated rings. The number of hydrogen-bond acceptors (Lipinski definition) is 6. The fourth-order valence-electron chi connectivity index (χ4n) is 3.22. The first kappa shape index (κ1) is 13.5. The van der Waals surface area contributed by atoms with E-state index < -0.39 is 0 Å². The van der Waals surface area contributed by atoms with Crippen molar-refractivity contribution in [1.29, 1.82) is 0 Å². The molecule has 0 bridgehead atoms. The van der Waals surface area contributed by atoms with Crippen LogP contribution in [0.4, 0.5) is 5.95 Å². The molecule has 7 nitrogen and oxygen atoms in total. The number of fused-ring (bicyclic) bond motifs is 3. The maximum Gasteiger partial charge on any atom is 0.220 e. The zero-order valence-electron chi connectivity index (χ0n) is 12.7. The van der Waals surface area contributed by atoms with E-state index in [0.29, 0.717) is 18.3 Å². The molecule has 22 heavy (non-hydrogen) atoms. The number of anilines is 1. The number of aromatic nitrogens is 4. The Hall–Kier alpha value is -2.15. The fourth-order valence-corrected chi connectivity index (χ4v) is 3.22. The number of nitrogens with zero attached hydrogens (tertiary/aromatic N) is 5. The Morgan fingerprint density at radius 3 is 2.91 bits per heavy atom. The third kappa shape index (κ3) is 2.31. The predicted octanol–water partition coefficient (Wildman–Crippen LogP) is 1.12. The quantitative estimate of drug-likeness (QED) is 0.850. The first-order valence-corrected chi connectivity index (χ1v) is 7.72. The number of nitrogens with two attached hydrogens (primary N) is 1. The van der Waals surface area contributed by atoms with E-state index in [9.17, 15) is 0 Å². The summed E-state index contributed by atoms with van der Waals surface area (Å²) in [5, 5.41) is 4.80. The van der Waals surface area contributed by atoms with E-state index in [-0.39, 0.29) is 5.95 Å². The van der Waals surface area contributed by atoms with Gasteiger partial charge in [-0.1, -0.05) is 0 Å². The fraction of sp³-hybridized carbons (Fsp3) is 0.533. The topological polar surface area (TPSA) is 82.1 Å². The van der Waals surface area contributed by atoms with Gasteiger partial charge in [0.2, 0.25) is 5.95 Å². The summed E-state index contributed by atoms with van der Waals surface area (Å²) in [6, 6.07) is 2.15. The second kappa shape index (κ2) is 5.24. The molecule has 0 radical (unpaired) electrons. The zero-order valence-corrected chi connectivity index (χ0v) is 12.7. The molecule has 0 unspecified atom stereocenters. The normalized spacial score (nSPS) is 19.1. The minimum absolute atomic E-state index is 0.262. The Bertz CT molecular complexity index is 689. The van der Waals surface area contributed by atoms with Crippen LogP contribution >= 0.6 is 0 Å². The van der Waals surface area contributed by atoms with Crippen LogP contribution < -0.4 is 10.5 Å². The van der Waals surface area contributed by atoms with Crippen LogP contribution in [0.2, 0.25) is 0 Å².